The maximum absolute atomic E-state index is 12.6. The molecule has 1 aromatic carbocycles. The molecule has 0 saturated heterocycles. The van der Waals surface area contributed by atoms with Gasteiger partial charge in [-0.2, -0.15) is 0 Å². The lowest BCUT2D eigenvalue weighted by molar-refractivity contribution is -0.123. The van der Waals surface area contributed by atoms with Gasteiger partial charge >= 0.3 is 6.03 Å². The second-order valence-corrected chi connectivity index (χ2v) is 9.51. The monoisotopic (exact) mass is 430 g/mol. The summed E-state index contributed by atoms with van der Waals surface area (Å²) >= 11 is 1.26. The van der Waals surface area contributed by atoms with Crippen molar-refractivity contribution in [3.05, 3.63) is 46.3 Å². The fourth-order valence-corrected chi connectivity index (χ4v) is 3.45. The van der Waals surface area contributed by atoms with Gasteiger partial charge < -0.3 is 21.3 Å². The average Bonchev–Trinajstić information content (AvgIpc) is 2.99. The number of carbonyl (C=O) groups excluding carboxylic acids is 3. The molecule has 0 spiro atoms. The van der Waals surface area contributed by atoms with Crippen molar-refractivity contribution in [1.82, 2.24) is 10.6 Å². The van der Waals surface area contributed by atoms with E-state index in [0.29, 0.717) is 22.1 Å². The molecule has 4 N–H and O–H groups in total. The highest BCUT2D eigenvalue weighted by molar-refractivity contribution is 7.18. The topological polar surface area (TPSA) is 99.3 Å². The molecule has 0 atom stereocenters. The molecule has 0 bridgehead atoms. The number of amides is 4. The molecule has 0 radical (unpaired) electrons. The number of rotatable bonds is 6. The van der Waals surface area contributed by atoms with Crippen molar-refractivity contribution in [2.75, 3.05) is 10.6 Å². The van der Waals surface area contributed by atoms with E-state index in [1.807, 2.05) is 59.7 Å². The zero-order chi connectivity index (χ0) is 22.5. The second kappa shape index (κ2) is 9.75. The molecule has 8 heteroatoms. The van der Waals surface area contributed by atoms with Crippen LogP contribution in [0.2, 0.25) is 0 Å². The normalized spacial score (nSPS) is 11.2. The van der Waals surface area contributed by atoms with Gasteiger partial charge in [0, 0.05) is 23.7 Å². The molecule has 0 unspecified atom stereocenters. The van der Waals surface area contributed by atoms with Crippen LogP contribution in [0, 0.1) is 12.3 Å². The molecular weight excluding hydrogens is 400 g/mol. The summed E-state index contributed by atoms with van der Waals surface area (Å²) in [6, 6.07) is 8.89. The van der Waals surface area contributed by atoms with Crippen molar-refractivity contribution in [3.63, 3.8) is 0 Å². The Hall–Kier alpha value is -2.87. The van der Waals surface area contributed by atoms with Gasteiger partial charge in [0.25, 0.3) is 5.91 Å². The summed E-state index contributed by atoms with van der Waals surface area (Å²) in [6.45, 7) is 11.5. The zero-order valence-electron chi connectivity index (χ0n) is 18.3. The first-order valence-electron chi connectivity index (χ1n) is 9.82. The van der Waals surface area contributed by atoms with Crippen molar-refractivity contribution >= 4 is 39.9 Å². The van der Waals surface area contributed by atoms with Crippen molar-refractivity contribution in [3.8, 4) is 0 Å². The Morgan fingerprint density at radius 3 is 2.23 bits per heavy atom. The van der Waals surface area contributed by atoms with Gasteiger partial charge in [0.2, 0.25) is 5.91 Å². The Kier molecular flexibility index (Phi) is 7.61. The number of anilines is 2. The molecule has 0 aliphatic carbocycles. The molecule has 2 rings (SSSR count). The lowest BCUT2D eigenvalue weighted by Gasteiger charge is -2.16. The van der Waals surface area contributed by atoms with Crippen LogP contribution in [0.1, 0.15) is 55.4 Å². The van der Waals surface area contributed by atoms with E-state index in [1.165, 1.54) is 11.3 Å². The number of hydrogen-bond acceptors (Lipinski definition) is 4. The van der Waals surface area contributed by atoms with E-state index in [9.17, 15) is 14.4 Å². The average molecular weight is 431 g/mol. The lowest BCUT2D eigenvalue weighted by Crippen LogP contribution is -2.34. The van der Waals surface area contributed by atoms with Crippen LogP contribution in [-0.2, 0) is 11.3 Å². The lowest BCUT2D eigenvalue weighted by atomic mass is 9.96. The predicted molar refractivity (Wildman–Crippen MR) is 122 cm³/mol. The van der Waals surface area contributed by atoms with Crippen LogP contribution < -0.4 is 21.3 Å². The van der Waals surface area contributed by atoms with E-state index in [0.717, 1.165) is 11.1 Å². The Morgan fingerprint density at radius 1 is 1.03 bits per heavy atom. The van der Waals surface area contributed by atoms with Crippen molar-refractivity contribution in [1.29, 1.82) is 0 Å². The van der Waals surface area contributed by atoms with Gasteiger partial charge in [-0.1, -0.05) is 32.9 Å². The number of aryl methyl sites for hydroxylation is 1. The molecule has 7 nitrogen and oxygen atoms in total. The van der Waals surface area contributed by atoms with Crippen LogP contribution in [0.5, 0.6) is 0 Å². The summed E-state index contributed by atoms with van der Waals surface area (Å²) in [7, 11) is 0. The number of benzene rings is 1. The second-order valence-electron chi connectivity index (χ2n) is 8.46. The van der Waals surface area contributed by atoms with Crippen LogP contribution >= 0.6 is 11.3 Å². The van der Waals surface area contributed by atoms with Gasteiger partial charge in [0.05, 0.1) is 9.88 Å². The van der Waals surface area contributed by atoms with Crippen molar-refractivity contribution in [2.45, 2.75) is 54.1 Å². The Balaban J connectivity index is 1.93. The SMILES string of the molecule is Cc1cc(NC(=O)C(C)(C)C)sc1C(=O)NCc1ccc(NC(=O)NC(C)C)cc1. The molecule has 2 aromatic rings. The van der Waals surface area contributed by atoms with Gasteiger partial charge in [0.1, 0.15) is 0 Å². The number of urea groups is 1. The number of carbonyl (C=O) groups is 3. The maximum Gasteiger partial charge on any atom is 0.319 e. The summed E-state index contributed by atoms with van der Waals surface area (Å²) in [5.74, 6) is -0.279. The van der Waals surface area contributed by atoms with E-state index < -0.39 is 5.41 Å². The Morgan fingerprint density at radius 2 is 1.67 bits per heavy atom. The first kappa shape index (κ1) is 23.4. The fraction of sp³-hybridized carbons (Fsp3) is 0.409. The summed E-state index contributed by atoms with van der Waals surface area (Å²) < 4.78 is 0. The first-order chi connectivity index (χ1) is 14.0. The molecule has 162 valence electrons. The third-order valence-electron chi connectivity index (χ3n) is 4.13. The van der Waals surface area contributed by atoms with E-state index in [4.69, 9.17) is 0 Å². The summed E-state index contributed by atoms with van der Waals surface area (Å²) in [6.07, 6.45) is 0. The van der Waals surface area contributed by atoms with Gasteiger partial charge in [0.15, 0.2) is 0 Å². The van der Waals surface area contributed by atoms with Gasteiger partial charge in [-0.05, 0) is 50.1 Å². The standard InChI is InChI=1S/C22H30N4O3S/c1-13(2)24-21(29)25-16-9-7-15(8-10-16)12-23-19(27)18-14(3)11-17(30-18)26-20(28)22(4,5)6/h7-11,13H,12H2,1-6H3,(H,23,27)(H,26,28)(H2,24,25,29). The highest BCUT2D eigenvalue weighted by atomic mass is 32.1. The van der Waals surface area contributed by atoms with Gasteiger partial charge in [-0.3, -0.25) is 9.59 Å². The minimum atomic E-state index is -0.503. The van der Waals surface area contributed by atoms with Crippen LogP contribution in [0.4, 0.5) is 15.5 Å². The Bertz CT molecular complexity index is 911. The fourth-order valence-electron chi connectivity index (χ4n) is 2.47. The van der Waals surface area contributed by atoms with Gasteiger partial charge in [-0.15, -0.1) is 11.3 Å². The Labute approximate surface area is 181 Å². The molecule has 0 saturated carbocycles. The van der Waals surface area contributed by atoms with Crippen molar-refractivity contribution in [2.24, 2.45) is 5.41 Å². The molecule has 0 aliphatic rings. The largest absolute Gasteiger partial charge is 0.347 e. The summed E-state index contributed by atoms with van der Waals surface area (Å²) in [5, 5.41) is 11.9. The first-order valence-corrected chi connectivity index (χ1v) is 10.6. The third kappa shape index (κ3) is 6.88. The minimum absolute atomic E-state index is 0.0579. The molecule has 1 heterocycles. The molecule has 1 aromatic heterocycles. The van der Waals surface area contributed by atoms with E-state index in [1.54, 1.807) is 12.1 Å². The molecule has 30 heavy (non-hydrogen) atoms. The van der Waals surface area contributed by atoms with Crippen LogP contribution in [0.15, 0.2) is 30.3 Å². The summed E-state index contributed by atoms with van der Waals surface area (Å²) in [4.78, 5) is 37.0. The molecular formula is C22H30N4O3S. The number of hydrogen-bond donors (Lipinski definition) is 4. The van der Waals surface area contributed by atoms with Crippen LogP contribution in [0.3, 0.4) is 0 Å². The van der Waals surface area contributed by atoms with Crippen molar-refractivity contribution < 1.29 is 14.4 Å². The molecule has 0 fully saturated rings. The minimum Gasteiger partial charge on any atom is -0.347 e. The highest BCUT2D eigenvalue weighted by Gasteiger charge is 2.23. The van der Waals surface area contributed by atoms with Gasteiger partial charge in [-0.25, -0.2) is 4.79 Å². The highest BCUT2D eigenvalue weighted by Crippen LogP contribution is 2.28. The van der Waals surface area contributed by atoms with E-state index in [2.05, 4.69) is 21.3 Å². The van der Waals surface area contributed by atoms with E-state index >= 15 is 0 Å². The summed E-state index contributed by atoms with van der Waals surface area (Å²) in [5.41, 5.74) is 1.90. The number of nitrogens with one attached hydrogen (secondary N) is 4. The van der Waals surface area contributed by atoms with E-state index in [-0.39, 0.29) is 23.9 Å². The van der Waals surface area contributed by atoms with Crippen LogP contribution in [-0.4, -0.2) is 23.9 Å². The molecule has 4 amide bonds. The quantitative estimate of drug-likeness (QED) is 0.543. The van der Waals surface area contributed by atoms with Crippen LogP contribution in [0.25, 0.3) is 0 Å². The molecule has 0 aliphatic heterocycles. The maximum atomic E-state index is 12.6. The number of thiophene rings is 1. The third-order valence-corrected chi connectivity index (χ3v) is 5.28. The zero-order valence-corrected chi connectivity index (χ0v) is 19.1. The predicted octanol–water partition coefficient (Wildman–Crippen LogP) is 4.50. The smallest absolute Gasteiger partial charge is 0.319 e.